The molecule has 4 heterocycles. The Morgan fingerprint density at radius 3 is 2.83 bits per heavy atom. The molecule has 12 nitrogen and oxygen atoms in total. The second kappa shape index (κ2) is 10.8. The third-order valence-electron chi connectivity index (χ3n) is 7.20. The number of aromatic nitrogens is 7. The Morgan fingerprint density at radius 1 is 1.12 bits per heavy atom. The average Bonchev–Trinajstić information content (AvgIpc) is 3.23. The third-order valence-corrected chi connectivity index (χ3v) is 7.20. The van der Waals surface area contributed by atoms with E-state index in [-0.39, 0.29) is 11.9 Å². The number of anilines is 3. The van der Waals surface area contributed by atoms with E-state index < -0.39 is 0 Å². The number of benzene rings is 2. The minimum absolute atomic E-state index is 0.00170. The molecule has 0 unspecified atom stereocenters. The van der Waals surface area contributed by atoms with Gasteiger partial charge >= 0.3 is 0 Å². The molecule has 1 saturated heterocycles. The summed E-state index contributed by atoms with van der Waals surface area (Å²) in [6.07, 6.45) is 5.38. The van der Waals surface area contributed by atoms with Gasteiger partial charge in [-0.3, -0.25) is 4.79 Å². The smallest absolute Gasteiger partial charge is 0.246 e. The lowest BCUT2D eigenvalue weighted by atomic mass is 10.2. The Labute approximate surface area is 236 Å². The van der Waals surface area contributed by atoms with Crippen LogP contribution in [0, 0.1) is 6.92 Å². The molecule has 1 aliphatic rings. The first-order valence-corrected chi connectivity index (χ1v) is 13.4. The van der Waals surface area contributed by atoms with E-state index in [1.165, 1.54) is 12.4 Å². The largest absolute Gasteiger partial charge is 0.457 e. The Bertz CT molecular complexity index is 1770. The molecule has 1 atom stereocenters. The number of nitrogens with zero attached hydrogens (tertiary/aromatic N) is 9. The van der Waals surface area contributed by atoms with Gasteiger partial charge in [-0.15, -0.1) is 5.10 Å². The topological polar surface area (TPSA) is 127 Å². The first-order chi connectivity index (χ1) is 19.9. The van der Waals surface area contributed by atoms with Crippen molar-refractivity contribution in [1.29, 1.82) is 0 Å². The lowest BCUT2D eigenvalue weighted by Crippen LogP contribution is -2.42. The monoisotopic (exact) mass is 550 g/mol. The van der Waals surface area contributed by atoms with Crippen LogP contribution in [0.1, 0.15) is 18.9 Å². The van der Waals surface area contributed by atoms with E-state index in [0.717, 1.165) is 41.0 Å². The van der Waals surface area contributed by atoms with E-state index in [0.29, 0.717) is 41.6 Å². The van der Waals surface area contributed by atoms with Crippen molar-refractivity contribution in [2.75, 3.05) is 29.9 Å². The quantitative estimate of drug-likeness (QED) is 0.308. The molecule has 0 bridgehead atoms. The number of nitrogens with one attached hydrogen (secondary N) is 1. The van der Waals surface area contributed by atoms with Crippen LogP contribution in [0.2, 0.25) is 0 Å². The second-order valence-electron chi connectivity index (χ2n) is 10.1. The molecule has 3 aromatic heterocycles. The lowest BCUT2D eigenvalue weighted by molar-refractivity contribution is -0.127. The molecule has 0 aliphatic carbocycles. The van der Waals surface area contributed by atoms with Gasteiger partial charge in [0.2, 0.25) is 11.9 Å². The van der Waals surface area contributed by atoms with Gasteiger partial charge in [-0.2, -0.15) is 0 Å². The van der Waals surface area contributed by atoms with Crippen molar-refractivity contribution >= 4 is 45.4 Å². The number of amides is 1. The van der Waals surface area contributed by atoms with Crippen LogP contribution < -0.4 is 15.0 Å². The summed E-state index contributed by atoms with van der Waals surface area (Å²) in [5.74, 6) is 2.51. The van der Waals surface area contributed by atoms with Crippen LogP contribution in [0.5, 0.6) is 11.5 Å². The zero-order valence-corrected chi connectivity index (χ0v) is 23.2. The van der Waals surface area contributed by atoms with Crippen molar-refractivity contribution in [2.45, 2.75) is 26.3 Å². The maximum Gasteiger partial charge on any atom is 0.246 e. The van der Waals surface area contributed by atoms with E-state index >= 15 is 0 Å². The molecule has 12 heteroatoms. The average molecular weight is 551 g/mol. The molecule has 1 fully saturated rings. The molecular weight excluding hydrogens is 520 g/mol. The molecular formula is C29H30N10O2. The van der Waals surface area contributed by atoms with Crippen LogP contribution in [-0.4, -0.2) is 71.4 Å². The summed E-state index contributed by atoms with van der Waals surface area (Å²) in [7, 11) is 1.86. The van der Waals surface area contributed by atoms with E-state index in [2.05, 4.69) is 42.1 Å². The highest BCUT2D eigenvalue weighted by Gasteiger charge is 2.25. The highest BCUT2D eigenvalue weighted by Crippen LogP contribution is 2.31. The number of fused-ring (bicyclic) bond motifs is 2. The first-order valence-electron chi connectivity index (χ1n) is 13.4. The standard InChI is InChI=1S/C29H30N10O2/c1-5-26(40)39-12-6-11-38(16-19(39)3)29-30-15-23-27(34-29)28(32-17-31-23)33-20-7-10-25(18(2)13-20)41-21-8-9-24-22(14-21)35-36-37(24)4/h5,7-10,13-15,17,19H,1,6,11-12,16H2,2-4H3,(H,31,32,33)/t19-/m1/s1. The number of carbonyl (C=O) groups is 1. The minimum atomic E-state index is -0.0584. The summed E-state index contributed by atoms with van der Waals surface area (Å²) >= 11 is 0. The minimum Gasteiger partial charge on any atom is -0.457 e. The van der Waals surface area contributed by atoms with Gasteiger partial charge in [0.25, 0.3) is 0 Å². The van der Waals surface area contributed by atoms with Crippen molar-refractivity contribution < 1.29 is 9.53 Å². The van der Waals surface area contributed by atoms with E-state index in [4.69, 9.17) is 9.72 Å². The Hall–Kier alpha value is -5.13. The number of carbonyl (C=O) groups excluding carboxylic acids is 1. The molecule has 208 valence electrons. The molecule has 2 aromatic carbocycles. The maximum absolute atomic E-state index is 12.3. The molecule has 41 heavy (non-hydrogen) atoms. The normalized spacial score (nSPS) is 15.6. The zero-order chi connectivity index (χ0) is 28.5. The summed E-state index contributed by atoms with van der Waals surface area (Å²) in [4.78, 5) is 34.5. The van der Waals surface area contributed by atoms with Crippen molar-refractivity contribution in [2.24, 2.45) is 7.05 Å². The van der Waals surface area contributed by atoms with E-state index in [1.54, 1.807) is 10.9 Å². The highest BCUT2D eigenvalue weighted by molar-refractivity contribution is 5.88. The van der Waals surface area contributed by atoms with Crippen molar-refractivity contribution in [3.05, 3.63) is 67.1 Å². The molecule has 1 amide bonds. The van der Waals surface area contributed by atoms with Gasteiger partial charge < -0.3 is 19.9 Å². The highest BCUT2D eigenvalue weighted by atomic mass is 16.5. The van der Waals surface area contributed by atoms with Crippen molar-refractivity contribution in [3.63, 3.8) is 0 Å². The predicted octanol–water partition coefficient (Wildman–Crippen LogP) is 4.16. The number of aryl methyl sites for hydroxylation is 2. The molecule has 6 rings (SSSR count). The van der Waals surface area contributed by atoms with Crippen molar-refractivity contribution in [3.8, 4) is 11.5 Å². The van der Waals surface area contributed by atoms with Gasteiger partial charge in [0, 0.05) is 44.5 Å². The zero-order valence-electron chi connectivity index (χ0n) is 23.2. The summed E-state index contributed by atoms with van der Waals surface area (Å²) in [6, 6.07) is 11.6. The van der Waals surface area contributed by atoms with Crippen LogP contribution in [0.3, 0.4) is 0 Å². The fourth-order valence-electron chi connectivity index (χ4n) is 5.07. The molecule has 1 N–H and O–H groups in total. The summed E-state index contributed by atoms with van der Waals surface area (Å²) in [5, 5.41) is 11.6. The lowest BCUT2D eigenvalue weighted by Gasteiger charge is -2.28. The summed E-state index contributed by atoms with van der Waals surface area (Å²) < 4.78 is 7.87. The molecule has 5 aromatic rings. The Kier molecular flexibility index (Phi) is 6.88. The number of rotatable bonds is 6. The fraction of sp³-hybridized carbons (Fsp3) is 0.276. The Morgan fingerprint density at radius 2 is 2.00 bits per heavy atom. The number of ether oxygens (including phenoxy) is 1. The van der Waals surface area contributed by atoms with E-state index in [1.807, 2.05) is 62.2 Å². The van der Waals surface area contributed by atoms with Crippen LogP contribution in [0.25, 0.3) is 22.1 Å². The Balaban J connectivity index is 1.22. The molecule has 1 aliphatic heterocycles. The van der Waals surface area contributed by atoms with Crippen LogP contribution >= 0.6 is 0 Å². The van der Waals surface area contributed by atoms with Crippen LogP contribution in [0.4, 0.5) is 17.5 Å². The van der Waals surface area contributed by atoms with Crippen LogP contribution in [-0.2, 0) is 11.8 Å². The van der Waals surface area contributed by atoms with Crippen LogP contribution in [0.15, 0.2) is 61.6 Å². The van der Waals surface area contributed by atoms with Gasteiger partial charge in [0.1, 0.15) is 34.4 Å². The van der Waals surface area contributed by atoms with Gasteiger partial charge in [0.15, 0.2) is 5.82 Å². The van der Waals surface area contributed by atoms with Gasteiger partial charge in [-0.1, -0.05) is 11.8 Å². The van der Waals surface area contributed by atoms with Crippen molar-refractivity contribution in [1.82, 2.24) is 39.8 Å². The molecule has 0 saturated carbocycles. The molecule has 0 radical (unpaired) electrons. The molecule has 0 spiro atoms. The SMILES string of the molecule is C=CC(=O)N1CCCN(c2ncc3ncnc(Nc4ccc(Oc5ccc6c(c5)nnn6C)c(C)c4)c3n2)C[C@H]1C. The summed E-state index contributed by atoms with van der Waals surface area (Å²) in [6.45, 7) is 9.67. The van der Waals surface area contributed by atoms with Gasteiger partial charge in [-0.05, 0) is 62.2 Å². The maximum atomic E-state index is 12.3. The second-order valence-corrected chi connectivity index (χ2v) is 10.1. The summed E-state index contributed by atoms with van der Waals surface area (Å²) in [5.41, 5.74) is 4.74. The number of hydrogen-bond acceptors (Lipinski definition) is 10. The van der Waals surface area contributed by atoms with E-state index in [9.17, 15) is 4.79 Å². The fourth-order valence-corrected chi connectivity index (χ4v) is 5.07. The predicted molar refractivity (Wildman–Crippen MR) is 156 cm³/mol. The third kappa shape index (κ3) is 5.23. The van der Waals surface area contributed by atoms with Gasteiger partial charge in [-0.25, -0.2) is 24.6 Å². The van der Waals surface area contributed by atoms with Gasteiger partial charge in [0.05, 0.1) is 11.7 Å². The first kappa shape index (κ1) is 26.1. The number of hydrogen-bond donors (Lipinski definition) is 1.